The Bertz CT molecular complexity index is 545. The van der Waals surface area contributed by atoms with Crippen molar-refractivity contribution in [2.24, 2.45) is 0 Å². The maximum Gasteiger partial charge on any atom is 0.316 e. The molecule has 118 valence electrons. The van der Waals surface area contributed by atoms with Crippen LogP contribution in [-0.4, -0.2) is 60.0 Å². The van der Waals surface area contributed by atoms with E-state index in [9.17, 15) is 9.90 Å². The fourth-order valence-electron chi connectivity index (χ4n) is 4.04. The molecule has 5 nitrogen and oxygen atoms in total. The van der Waals surface area contributed by atoms with Crippen molar-refractivity contribution in [2.75, 3.05) is 13.7 Å². The average Bonchev–Trinajstić information content (AvgIpc) is 3.27. The van der Waals surface area contributed by atoms with Crippen molar-refractivity contribution >= 4 is 5.97 Å². The molecule has 2 bridgehead atoms. The summed E-state index contributed by atoms with van der Waals surface area (Å²) >= 11 is 0. The van der Waals surface area contributed by atoms with Crippen LogP contribution >= 0.6 is 0 Å². The van der Waals surface area contributed by atoms with E-state index in [1.807, 2.05) is 30.3 Å². The summed E-state index contributed by atoms with van der Waals surface area (Å²) in [6, 6.07) is 10.1. The number of aliphatic hydroxyl groups excluding tert-OH is 1. The highest BCUT2D eigenvalue weighted by Crippen LogP contribution is 2.48. The van der Waals surface area contributed by atoms with E-state index >= 15 is 0 Å². The van der Waals surface area contributed by atoms with Gasteiger partial charge < -0.3 is 14.6 Å². The Kier molecular flexibility index (Phi) is 3.44. The minimum absolute atomic E-state index is 0.0622. The molecule has 1 aromatic rings. The van der Waals surface area contributed by atoms with Crippen LogP contribution in [0.3, 0.4) is 0 Å². The lowest BCUT2D eigenvalue weighted by Gasteiger charge is -2.38. The second kappa shape index (κ2) is 5.33. The number of nitrogens with zero attached hydrogens (tertiary/aromatic N) is 1. The number of hydrogen-bond acceptors (Lipinski definition) is 5. The molecule has 3 fully saturated rings. The van der Waals surface area contributed by atoms with Gasteiger partial charge in [-0.1, -0.05) is 30.3 Å². The first-order valence-corrected chi connectivity index (χ1v) is 7.92. The standard InChI is InChI=1S/C17H21NO4/c1-18-13-7-11(8-14(18)16-15(13)22-16)21-17(20)12(9-19)10-5-3-2-4-6-10/h2-6,11-16,19H,7-9H2,1H3/t11?,12?,13?,14?,15-,16-/m0/s1. The van der Waals surface area contributed by atoms with Crippen molar-refractivity contribution < 1.29 is 19.4 Å². The average molecular weight is 303 g/mol. The van der Waals surface area contributed by atoms with Gasteiger partial charge in [-0.05, 0) is 12.6 Å². The third-order valence-corrected chi connectivity index (χ3v) is 5.33. The number of likely N-dealkylation sites (N-methyl/N-ethyl adjacent to an activating group) is 1. The van der Waals surface area contributed by atoms with Crippen LogP contribution in [0.5, 0.6) is 0 Å². The van der Waals surface area contributed by atoms with Crippen LogP contribution in [0.25, 0.3) is 0 Å². The predicted octanol–water partition coefficient (Wildman–Crippen LogP) is 0.918. The van der Waals surface area contributed by atoms with Crippen molar-refractivity contribution in [2.45, 2.75) is 49.2 Å². The molecule has 3 aliphatic rings. The molecular formula is C17H21NO4. The predicted molar refractivity (Wildman–Crippen MR) is 79.4 cm³/mol. The quantitative estimate of drug-likeness (QED) is 0.662. The summed E-state index contributed by atoms with van der Waals surface area (Å²) in [4.78, 5) is 14.8. The van der Waals surface area contributed by atoms with E-state index < -0.39 is 5.92 Å². The number of benzene rings is 1. The molecule has 1 N–H and O–H groups in total. The lowest BCUT2D eigenvalue weighted by molar-refractivity contribution is -0.156. The van der Waals surface area contributed by atoms with Gasteiger partial charge in [-0.2, -0.15) is 0 Å². The van der Waals surface area contributed by atoms with Gasteiger partial charge >= 0.3 is 5.97 Å². The van der Waals surface area contributed by atoms with E-state index in [-0.39, 0.29) is 18.7 Å². The Balaban J connectivity index is 1.42. The smallest absolute Gasteiger partial charge is 0.316 e. The summed E-state index contributed by atoms with van der Waals surface area (Å²) in [7, 11) is 2.13. The fraction of sp³-hybridized carbons (Fsp3) is 0.588. The third-order valence-electron chi connectivity index (χ3n) is 5.33. The van der Waals surface area contributed by atoms with E-state index in [1.54, 1.807) is 0 Å². The Morgan fingerprint density at radius 2 is 1.95 bits per heavy atom. The normalized spacial score (nSPS) is 37.5. The summed E-state index contributed by atoms with van der Waals surface area (Å²) in [5.74, 6) is -0.915. The molecule has 0 saturated carbocycles. The Morgan fingerprint density at radius 1 is 1.32 bits per heavy atom. The summed E-state index contributed by atoms with van der Waals surface area (Å²) < 4.78 is 11.4. The van der Waals surface area contributed by atoms with Gasteiger partial charge in [0.25, 0.3) is 0 Å². The molecule has 0 spiro atoms. The van der Waals surface area contributed by atoms with E-state index in [0.717, 1.165) is 18.4 Å². The molecule has 3 saturated heterocycles. The van der Waals surface area contributed by atoms with Gasteiger partial charge in [-0.25, -0.2) is 0 Å². The van der Waals surface area contributed by atoms with Crippen LogP contribution in [-0.2, 0) is 14.3 Å². The highest BCUT2D eigenvalue weighted by Gasteiger charge is 2.62. The van der Waals surface area contributed by atoms with Gasteiger partial charge in [0.15, 0.2) is 0 Å². The van der Waals surface area contributed by atoms with Gasteiger partial charge in [0.05, 0.1) is 6.61 Å². The number of epoxide rings is 1. The zero-order chi connectivity index (χ0) is 15.3. The SMILES string of the molecule is CN1C2CC(OC(=O)C(CO)c3ccccc3)CC1[C@@H]1O[C@@H]21. The maximum atomic E-state index is 12.4. The number of fused-ring (bicyclic) bond motifs is 5. The summed E-state index contributed by atoms with van der Waals surface area (Å²) in [5, 5.41) is 9.56. The van der Waals surface area contributed by atoms with Gasteiger partial charge in [0.2, 0.25) is 0 Å². The topological polar surface area (TPSA) is 62.3 Å². The van der Waals surface area contributed by atoms with Crippen LogP contribution in [0, 0.1) is 0 Å². The molecule has 22 heavy (non-hydrogen) atoms. The zero-order valence-corrected chi connectivity index (χ0v) is 12.6. The summed E-state index contributed by atoms with van der Waals surface area (Å²) in [6.45, 7) is -0.226. The molecule has 0 radical (unpaired) electrons. The highest BCUT2D eigenvalue weighted by atomic mass is 16.6. The highest BCUT2D eigenvalue weighted by molar-refractivity contribution is 5.78. The molecule has 5 heteroatoms. The molecule has 3 unspecified atom stereocenters. The minimum atomic E-state index is -0.593. The maximum absolute atomic E-state index is 12.4. The van der Waals surface area contributed by atoms with E-state index in [2.05, 4.69) is 11.9 Å². The van der Waals surface area contributed by atoms with E-state index in [1.165, 1.54) is 0 Å². The summed E-state index contributed by atoms with van der Waals surface area (Å²) in [6.07, 6.45) is 2.26. The molecule has 3 aliphatic heterocycles. The van der Waals surface area contributed by atoms with Crippen molar-refractivity contribution in [1.29, 1.82) is 0 Å². The Labute approximate surface area is 129 Å². The number of esters is 1. The first kappa shape index (κ1) is 14.2. The molecular weight excluding hydrogens is 282 g/mol. The largest absolute Gasteiger partial charge is 0.462 e. The van der Waals surface area contributed by atoms with Crippen molar-refractivity contribution in [3.05, 3.63) is 35.9 Å². The van der Waals surface area contributed by atoms with E-state index in [0.29, 0.717) is 24.3 Å². The van der Waals surface area contributed by atoms with E-state index in [4.69, 9.17) is 9.47 Å². The molecule has 0 aromatic heterocycles. The van der Waals surface area contributed by atoms with Gasteiger partial charge in [0, 0.05) is 24.9 Å². The Morgan fingerprint density at radius 3 is 2.55 bits per heavy atom. The number of ether oxygens (including phenoxy) is 2. The first-order valence-electron chi connectivity index (χ1n) is 7.92. The summed E-state index contributed by atoms with van der Waals surface area (Å²) in [5.41, 5.74) is 0.803. The number of hydrogen-bond donors (Lipinski definition) is 1. The number of rotatable bonds is 4. The van der Waals surface area contributed by atoms with Crippen molar-refractivity contribution in [3.63, 3.8) is 0 Å². The molecule has 0 aliphatic carbocycles. The minimum Gasteiger partial charge on any atom is -0.462 e. The molecule has 3 heterocycles. The molecule has 0 amide bonds. The van der Waals surface area contributed by atoms with Crippen molar-refractivity contribution in [1.82, 2.24) is 4.90 Å². The van der Waals surface area contributed by atoms with Crippen molar-refractivity contribution in [3.8, 4) is 0 Å². The molecule has 4 rings (SSSR count). The number of aliphatic hydroxyl groups is 1. The van der Waals surface area contributed by atoms with Crippen LogP contribution in [0.1, 0.15) is 24.3 Å². The number of carbonyl (C=O) groups excluding carboxylic acids is 1. The zero-order valence-electron chi connectivity index (χ0n) is 12.6. The lowest BCUT2D eigenvalue weighted by Crippen LogP contribution is -2.48. The van der Waals surface area contributed by atoms with Crippen LogP contribution < -0.4 is 0 Å². The van der Waals surface area contributed by atoms with Crippen LogP contribution in [0.15, 0.2) is 30.3 Å². The van der Waals surface area contributed by atoms with Crippen LogP contribution in [0.2, 0.25) is 0 Å². The van der Waals surface area contributed by atoms with Gasteiger partial charge in [-0.15, -0.1) is 0 Å². The third kappa shape index (κ3) is 2.24. The number of piperidine rings is 1. The molecule has 5 atom stereocenters. The second-order valence-electron chi connectivity index (χ2n) is 6.54. The first-order chi connectivity index (χ1) is 10.7. The van der Waals surface area contributed by atoms with Crippen LogP contribution in [0.4, 0.5) is 0 Å². The number of morpholine rings is 1. The monoisotopic (exact) mass is 303 g/mol. The van der Waals surface area contributed by atoms with Gasteiger partial charge in [0.1, 0.15) is 24.2 Å². The Hall–Kier alpha value is -1.43. The fourth-order valence-corrected chi connectivity index (χ4v) is 4.04. The number of carbonyl (C=O) groups is 1. The lowest BCUT2D eigenvalue weighted by atomic mass is 9.97. The van der Waals surface area contributed by atoms with Gasteiger partial charge in [-0.3, -0.25) is 9.69 Å². The second-order valence-corrected chi connectivity index (χ2v) is 6.54. The molecule has 1 aromatic carbocycles.